The van der Waals surface area contributed by atoms with E-state index in [1.165, 1.54) is 65.0 Å². The van der Waals surface area contributed by atoms with Crippen molar-refractivity contribution in [2.45, 2.75) is 43.9 Å². The van der Waals surface area contributed by atoms with Gasteiger partial charge in [-0.2, -0.15) is 0 Å². The van der Waals surface area contributed by atoms with E-state index in [0.717, 1.165) is 12.1 Å². The quantitative estimate of drug-likeness (QED) is 0.794. The van der Waals surface area contributed by atoms with Gasteiger partial charge in [-0.05, 0) is 25.7 Å². The van der Waals surface area contributed by atoms with E-state index < -0.39 is 0 Å². The Balaban J connectivity index is 1.42. The number of nitrogens with one attached hydrogen (secondary N) is 1. The molecule has 1 N–H and O–H groups in total. The molecule has 3 aliphatic rings. The summed E-state index contributed by atoms with van der Waals surface area (Å²) in [5, 5.41) is 3.38. The molecule has 0 spiro atoms. The molecule has 3 fully saturated rings. The minimum Gasteiger partial charge on any atom is -0.381 e. The maximum absolute atomic E-state index is 5.46. The predicted molar refractivity (Wildman–Crippen MR) is 72.9 cm³/mol. The van der Waals surface area contributed by atoms with Gasteiger partial charge in [0.15, 0.2) is 0 Å². The summed E-state index contributed by atoms with van der Waals surface area (Å²) < 4.78 is 5.46. The number of piperazine rings is 1. The molecule has 0 amide bonds. The monoisotopic (exact) mass is 253 g/mol. The molecule has 4 nitrogen and oxygen atoms in total. The van der Waals surface area contributed by atoms with E-state index in [4.69, 9.17) is 4.74 Å². The number of methoxy groups -OCH3 is 1. The highest BCUT2D eigenvalue weighted by Crippen LogP contribution is 2.25. The summed E-state index contributed by atoms with van der Waals surface area (Å²) in [6.07, 6.45) is 5.72. The van der Waals surface area contributed by atoms with E-state index in [1.54, 1.807) is 0 Å². The molecular formula is C14H27N3O. The van der Waals surface area contributed by atoms with E-state index >= 15 is 0 Å². The smallest absolute Gasteiger partial charge is 0.0572 e. The van der Waals surface area contributed by atoms with Gasteiger partial charge in [-0.25, -0.2) is 0 Å². The van der Waals surface area contributed by atoms with Gasteiger partial charge in [0.25, 0.3) is 0 Å². The van der Waals surface area contributed by atoms with Crippen molar-refractivity contribution >= 4 is 0 Å². The minimum atomic E-state index is 0.531. The zero-order valence-electron chi connectivity index (χ0n) is 11.6. The Morgan fingerprint density at radius 2 is 1.39 bits per heavy atom. The Bertz CT molecular complexity index is 254. The molecule has 0 aromatic rings. The first-order valence-corrected chi connectivity index (χ1v) is 7.58. The van der Waals surface area contributed by atoms with Crippen LogP contribution in [0.5, 0.6) is 0 Å². The van der Waals surface area contributed by atoms with Gasteiger partial charge in [0.1, 0.15) is 0 Å². The largest absolute Gasteiger partial charge is 0.381 e. The van der Waals surface area contributed by atoms with Gasteiger partial charge >= 0.3 is 0 Å². The number of ether oxygens (including phenoxy) is 1. The van der Waals surface area contributed by atoms with E-state index in [0.29, 0.717) is 6.10 Å². The Morgan fingerprint density at radius 3 is 1.83 bits per heavy atom. The second-order valence-corrected chi connectivity index (χ2v) is 6.05. The first-order valence-electron chi connectivity index (χ1n) is 7.58. The highest BCUT2D eigenvalue weighted by molar-refractivity contribution is 4.89. The Hall–Kier alpha value is -0.160. The Labute approximate surface area is 111 Å². The molecule has 0 unspecified atom stereocenters. The summed E-state index contributed by atoms with van der Waals surface area (Å²) in [4.78, 5) is 5.41. The van der Waals surface area contributed by atoms with Gasteiger partial charge < -0.3 is 10.1 Å². The zero-order valence-corrected chi connectivity index (χ0v) is 11.6. The van der Waals surface area contributed by atoms with Crippen molar-refractivity contribution in [1.29, 1.82) is 0 Å². The van der Waals surface area contributed by atoms with Crippen molar-refractivity contribution in [3.63, 3.8) is 0 Å². The topological polar surface area (TPSA) is 27.7 Å². The molecular weight excluding hydrogens is 226 g/mol. The molecule has 104 valence electrons. The van der Waals surface area contributed by atoms with Crippen LogP contribution in [0.15, 0.2) is 0 Å². The first kappa shape index (κ1) is 12.9. The van der Waals surface area contributed by atoms with Gasteiger partial charge in [0.2, 0.25) is 0 Å². The number of hydrogen-bond donors (Lipinski definition) is 1. The third kappa shape index (κ3) is 2.72. The predicted octanol–water partition coefficient (Wildman–Crippen LogP) is 0.533. The molecule has 0 atom stereocenters. The van der Waals surface area contributed by atoms with Crippen LogP contribution in [0.1, 0.15) is 25.7 Å². The van der Waals surface area contributed by atoms with E-state index in [2.05, 4.69) is 15.1 Å². The van der Waals surface area contributed by atoms with Gasteiger partial charge in [0.05, 0.1) is 6.10 Å². The number of nitrogens with zero attached hydrogens (tertiary/aromatic N) is 2. The van der Waals surface area contributed by atoms with Crippen LogP contribution in [0, 0.1) is 0 Å². The van der Waals surface area contributed by atoms with Crippen LogP contribution < -0.4 is 5.32 Å². The summed E-state index contributed by atoms with van der Waals surface area (Å²) in [5.41, 5.74) is 0. The second-order valence-electron chi connectivity index (χ2n) is 6.05. The second kappa shape index (κ2) is 5.87. The fourth-order valence-corrected chi connectivity index (χ4v) is 3.65. The number of hydrogen-bond acceptors (Lipinski definition) is 4. The standard InChI is InChI=1S/C14H27N3O/c1-18-14-4-2-12(3-5-14)16-6-8-17(9-7-16)13-10-15-11-13/h12-15H,2-11H2,1H3. The summed E-state index contributed by atoms with van der Waals surface area (Å²) in [6.45, 7) is 7.52. The van der Waals surface area contributed by atoms with Gasteiger partial charge in [0, 0.05) is 58.5 Å². The van der Waals surface area contributed by atoms with Gasteiger partial charge in [-0.3, -0.25) is 9.80 Å². The van der Waals surface area contributed by atoms with Crippen LogP contribution in [0.2, 0.25) is 0 Å². The van der Waals surface area contributed by atoms with E-state index in [-0.39, 0.29) is 0 Å². The van der Waals surface area contributed by atoms with E-state index in [1.807, 2.05) is 7.11 Å². The maximum atomic E-state index is 5.46. The van der Waals surface area contributed by atoms with Crippen molar-refractivity contribution in [2.24, 2.45) is 0 Å². The third-order valence-electron chi connectivity index (χ3n) is 5.12. The van der Waals surface area contributed by atoms with Gasteiger partial charge in [-0.1, -0.05) is 0 Å². The summed E-state index contributed by atoms with van der Waals surface area (Å²) in [7, 11) is 1.86. The molecule has 2 heterocycles. The van der Waals surface area contributed by atoms with Crippen molar-refractivity contribution < 1.29 is 4.74 Å². The average molecular weight is 253 g/mol. The summed E-state index contributed by atoms with van der Waals surface area (Å²) >= 11 is 0. The SMILES string of the molecule is COC1CCC(N2CCN(C3CNC3)CC2)CC1. The number of rotatable bonds is 3. The lowest BCUT2D eigenvalue weighted by Crippen LogP contribution is -2.62. The molecule has 0 radical (unpaired) electrons. The molecule has 2 aliphatic heterocycles. The molecule has 4 heteroatoms. The lowest BCUT2D eigenvalue weighted by Gasteiger charge is -2.46. The lowest BCUT2D eigenvalue weighted by atomic mass is 9.91. The molecule has 18 heavy (non-hydrogen) atoms. The molecule has 0 bridgehead atoms. The van der Waals surface area contributed by atoms with Crippen LogP contribution >= 0.6 is 0 Å². The van der Waals surface area contributed by atoms with Crippen LogP contribution in [-0.2, 0) is 4.74 Å². The van der Waals surface area contributed by atoms with Crippen molar-refractivity contribution in [1.82, 2.24) is 15.1 Å². The molecule has 1 saturated carbocycles. The van der Waals surface area contributed by atoms with Gasteiger partial charge in [-0.15, -0.1) is 0 Å². The lowest BCUT2D eigenvalue weighted by molar-refractivity contribution is 0.0106. The van der Waals surface area contributed by atoms with Crippen molar-refractivity contribution in [3.8, 4) is 0 Å². The Morgan fingerprint density at radius 1 is 0.833 bits per heavy atom. The summed E-state index contributed by atoms with van der Waals surface area (Å²) in [6, 6.07) is 1.66. The van der Waals surface area contributed by atoms with Crippen LogP contribution in [0.3, 0.4) is 0 Å². The Kier molecular flexibility index (Phi) is 4.19. The molecule has 0 aromatic carbocycles. The molecule has 1 aliphatic carbocycles. The van der Waals surface area contributed by atoms with Crippen LogP contribution in [0.4, 0.5) is 0 Å². The van der Waals surface area contributed by atoms with Crippen molar-refractivity contribution in [2.75, 3.05) is 46.4 Å². The van der Waals surface area contributed by atoms with Crippen LogP contribution in [0.25, 0.3) is 0 Å². The van der Waals surface area contributed by atoms with Crippen molar-refractivity contribution in [3.05, 3.63) is 0 Å². The highest BCUT2D eigenvalue weighted by atomic mass is 16.5. The minimum absolute atomic E-state index is 0.531. The third-order valence-corrected chi connectivity index (χ3v) is 5.12. The summed E-state index contributed by atoms with van der Waals surface area (Å²) in [5.74, 6) is 0. The molecule has 3 rings (SSSR count). The van der Waals surface area contributed by atoms with E-state index in [9.17, 15) is 0 Å². The maximum Gasteiger partial charge on any atom is 0.0572 e. The first-order chi connectivity index (χ1) is 8.86. The van der Waals surface area contributed by atoms with Crippen LogP contribution in [-0.4, -0.2) is 74.4 Å². The zero-order chi connectivity index (χ0) is 12.4. The average Bonchev–Trinajstić information content (AvgIpc) is 2.38. The fraction of sp³-hybridized carbons (Fsp3) is 1.00. The molecule has 2 saturated heterocycles. The normalized spacial score (nSPS) is 36.5. The molecule has 0 aromatic heterocycles. The highest BCUT2D eigenvalue weighted by Gasteiger charge is 2.31. The fourth-order valence-electron chi connectivity index (χ4n) is 3.65.